The van der Waals surface area contributed by atoms with Crippen LogP contribution in [0.2, 0.25) is 0 Å². The molecule has 6 nitrogen and oxygen atoms in total. The van der Waals surface area contributed by atoms with Gasteiger partial charge in [-0.25, -0.2) is 9.18 Å². The van der Waals surface area contributed by atoms with Gasteiger partial charge < -0.3 is 15.4 Å². The summed E-state index contributed by atoms with van der Waals surface area (Å²) in [5, 5.41) is 5.11. The average Bonchev–Trinajstić information content (AvgIpc) is 2.66. The molecule has 2 aromatic rings. The summed E-state index contributed by atoms with van der Waals surface area (Å²) in [5.41, 5.74) is 0.806. The summed E-state index contributed by atoms with van der Waals surface area (Å²) in [6, 6.07) is 12.8. The van der Waals surface area contributed by atoms with Crippen molar-refractivity contribution >= 4 is 23.5 Å². The Balaban J connectivity index is 1.89. The molecule has 142 valence electrons. The summed E-state index contributed by atoms with van der Waals surface area (Å²) in [7, 11) is 0. The van der Waals surface area contributed by atoms with Crippen molar-refractivity contribution in [3.05, 3.63) is 66.0 Å². The zero-order valence-electron chi connectivity index (χ0n) is 15.1. The van der Waals surface area contributed by atoms with E-state index in [-0.39, 0.29) is 5.92 Å². The van der Waals surface area contributed by atoms with Crippen LogP contribution in [0, 0.1) is 11.7 Å². The third kappa shape index (κ3) is 6.22. The van der Waals surface area contributed by atoms with Gasteiger partial charge in [-0.1, -0.05) is 32.0 Å². The monoisotopic (exact) mass is 372 g/mol. The molecule has 0 bridgehead atoms. The van der Waals surface area contributed by atoms with Crippen molar-refractivity contribution in [1.29, 1.82) is 0 Å². The highest BCUT2D eigenvalue weighted by Crippen LogP contribution is 2.09. The van der Waals surface area contributed by atoms with E-state index in [0.717, 1.165) is 0 Å². The third-order valence-corrected chi connectivity index (χ3v) is 3.72. The van der Waals surface area contributed by atoms with Crippen LogP contribution in [0.3, 0.4) is 0 Å². The van der Waals surface area contributed by atoms with E-state index < -0.39 is 36.2 Å². The van der Waals surface area contributed by atoms with Crippen LogP contribution >= 0.6 is 0 Å². The number of hydrogen-bond donors (Lipinski definition) is 2. The Morgan fingerprint density at radius 3 is 2.22 bits per heavy atom. The lowest BCUT2D eigenvalue weighted by atomic mass is 10.0. The number of amides is 2. The Hall–Kier alpha value is -3.22. The molecule has 0 heterocycles. The molecule has 0 saturated carbocycles. The third-order valence-electron chi connectivity index (χ3n) is 3.72. The predicted octanol–water partition coefficient (Wildman–Crippen LogP) is 2.76. The summed E-state index contributed by atoms with van der Waals surface area (Å²) in [6.07, 6.45) is 0. The van der Waals surface area contributed by atoms with Crippen LogP contribution in [0.1, 0.15) is 24.2 Å². The number of nitrogens with one attached hydrogen (secondary N) is 2. The van der Waals surface area contributed by atoms with Gasteiger partial charge in [-0.2, -0.15) is 0 Å². The maximum absolute atomic E-state index is 12.9. The van der Waals surface area contributed by atoms with E-state index in [9.17, 15) is 18.8 Å². The fraction of sp³-hybridized carbons (Fsp3) is 0.250. The predicted molar refractivity (Wildman–Crippen MR) is 98.5 cm³/mol. The molecule has 0 radical (unpaired) electrons. The number of rotatable bonds is 7. The molecule has 1 atom stereocenters. The highest BCUT2D eigenvalue weighted by Gasteiger charge is 2.26. The average molecular weight is 372 g/mol. The summed E-state index contributed by atoms with van der Waals surface area (Å²) < 4.78 is 17.9. The number of benzene rings is 2. The fourth-order valence-electron chi connectivity index (χ4n) is 2.27. The highest BCUT2D eigenvalue weighted by molar-refractivity contribution is 5.97. The zero-order valence-corrected chi connectivity index (χ0v) is 15.1. The second-order valence-corrected chi connectivity index (χ2v) is 6.22. The van der Waals surface area contributed by atoms with Gasteiger partial charge in [0.15, 0.2) is 6.61 Å². The summed E-state index contributed by atoms with van der Waals surface area (Å²) >= 11 is 0. The van der Waals surface area contributed by atoms with Crippen LogP contribution in [0.5, 0.6) is 0 Å². The normalized spacial score (nSPS) is 11.6. The maximum Gasteiger partial charge on any atom is 0.329 e. The first-order chi connectivity index (χ1) is 12.9. The zero-order chi connectivity index (χ0) is 19.8. The Morgan fingerprint density at radius 2 is 1.63 bits per heavy atom. The van der Waals surface area contributed by atoms with Crippen molar-refractivity contribution < 1.29 is 23.5 Å². The van der Waals surface area contributed by atoms with Gasteiger partial charge >= 0.3 is 5.97 Å². The SMILES string of the molecule is CC(C)[C@@H](NC(=O)c1ccccc1)C(=O)OCC(=O)Nc1ccc(F)cc1. The molecule has 7 heteroatoms. The van der Waals surface area contributed by atoms with Crippen molar-refractivity contribution in [1.82, 2.24) is 5.32 Å². The van der Waals surface area contributed by atoms with Gasteiger partial charge in [0.1, 0.15) is 11.9 Å². The number of carbonyl (C=O) groups is 3. The molecule has 0 aliphatic heterocycles. The molecular formula is C20H21FN2O4. The van der Waals surface area contributed by atoms with Crippen LogP contribution in [-0.2, 0) is 14.3 Å². The molecule has 2 aromatic carbocycles. The molecule has 0 spiro atoms. The molecule has 2 rings (SSSR count). The molecule has 0 aromatic heterocycles. The first-order valence-electron chi connectivity index (χ1n) is 8.45. The van der Waals surface area contributed by atoms with Crippen molar-refractivity contribution in [2.75, 3.05) is 11.9 Å². The molecule has 27 heavy (non-hydrogen) atoms. The summed E-state index contributed by atoms with van der Waals surface area (Å²) in [6.45, 7) is 3.01. The minimum absolute atomic E-state index is 0.231. The molecule has 2 N–H and O–H groups in total. The van der Waals surface area contributed by atoms with E-state index in [1.165, 1.54) is 24.3 Å². The van der Waals surface area contributed by atoms with Crippen LogP contribution in [-0.4, -0.2) is 30.4 Å². The van der Waals surface area contributed by atoms with E-state index >= 15 is 0 Å². The van der Waals surface area contributed by atoms with E-state index in [2.05, 4.69) is 10.6 Å². The Morgan fingerprint density at radius 1 is 1.00 bits per heavy atom. The number of anilines is 1. The summed E-state index contributed by atoms with van der Waals surface area (Å²) in [4.78, 5) is 36.4. The molecule has 0 saturated heterocycles. The van der Waals surface area contributed by atoms with Crippen molar-refractivity contribution in [2.45, 2.75) is 19.9 Å². The van der Waals surface area contributed by atoms with Gasteiger partial charge in [0.25, 0.3) is 11.8 Å². The van der Waals surface area contributed by atoms with E-state index in [0.29, 0.717) is 11.3 Å². The Labute approximate surface area is 156 Å². The van der Waals surface area contributed by atoms with Crippen LogP contribution in [0.15, 0.2) is 54.6 Å². The minimum Gasteiger partial charge on any atom is -0.454 e. The number of esters is 1. The molecule has 0 fully saturated rings. The summed E-state index contributed by atoms with van der Waals surface area (Å²) in [5.74, 6) is -2.32. The molecule has 0 aliphatic carbocycles. The van der Waals surface area contributed by atoms with Gasteiger partial charge in [-0.05, 0) is 42.3 Å². The molecular weight excluding hydrogens is 351 g/mol. The number of halogens is 1. The van der Waals surface area contributed by atoms with Crippen LogP contribution < -0.4 is 10.6 Å². The van der Waals surface area contributed by atoms with Gasteiger partial charge in [0.05, 0.1) is 0 Å². The fourth-order valence-corrected chi connectivity index (χ4v) is 2.27. The first-order valence-corrected chi connectivity index (χ1v) is 8.45. The van der Waals surface area contributed by atoms with Gasteiger partial charge in [-0.15, -0.1) is 0 Å². The Bertz CT molecular complexity index is 791. The van der Waals surface area contributed by atoms with Crippen molar-refractivity contribution in [3.63, 3.8) is 0 Å². The van der Waals surface area contributed by atoms with Crippen molar-refractivity contribution in [3.8, 4) is 0 Å². The lowest BCUT2D eigenvalue weighted by Gasteiger charge is -2.20. The van der Waals surface area contributed by atoms with Gasteiger partial charge in [0, 0.05) is 11.3 Å². The largest absolute Gasteiger partial charge is 0.454 e. The highest BCUT2D eigenvalue weighted by atomic mass is 19.1. The van der Waals surface area contributed by atoms with Gasteiger partial charge in [-0.3, -0.25) is 9.59 Å². The number of hydrogen-bond acceptors (Lipinski definition) is 4. The standard InChI is InChI=1S/C20H21FN2O4/c1-13(2)18(23-19(25)14-6-4-3-5-7-14)20(26)27-12-17(24)22-16-10-8-15(21)9-11-16/h3-11,13,18H,12H2,1-2H3,(H,22,24)(H,23,25)/t18-/m1/s1. The molecule has 0 aliphatic rings. The number of ether oxygens (including phenoxy) is 1. The quantitative estimate of drug-likeness (QED) is 0.732. The van der Waals surface area contributed by atoms with Crippen molar-refractivity contribution in [2.24, 2.45) is 5.92 Å². The lowest BCUT2D eigenvalue weighted by Crippen LogP contribution is -2.45. The van der Waals surface area contributed by atoms with E-state index in [1.807, 2.05) is 0 Å². The second-order valence-electron chi connectivity index (χ2n) is 6.22. The van der Waals surface area contributed by atoms with Gasteiger partial charge in [0.2, 0.25) is 0 Å². The topological polar surface area (TPSA) is 84.5 Å². The smallest absolute Gasteiger partial charge is 0.329 e. The minimum atomic E-state index is -0.892. The molecule has 0 unspecified atom stereocenters. The molecule has 2 amide bonds. The van der Waals surface area contributed by atoms with E-state index in [4.69, 9.17) is 4.74 Å². The number of carbonyl (C=O) groups excluding carboxylic acids is 3. The lowest BCUT2D eigenvalue weighted by molar-refractivity contribution is -0.150. The van der Waals surface area contributed by atoms with Crippen LogP contribution in [0.4, 0.5) is 10.1 Å². The first kappa shape index (κ1) is 20.1. The Kier molecular flexibility index (Phi) is 7.05. The maximum atomic E-state index is 12.9. The van der Waals surface area contributed by atoms with E-state index in [1.54, 1.807) is 44.2 Å². The second kappa shape index (κ2) is 9.47. The van der Waals surface area contributed by atoms with Crippen LogP contribution in [0.25, 0.3) is 0 Å².